The SMILES string of the molecule is c1ccc(-c2nc(-c3cc(-c4ccc5c(c4)c4ccccc4n5-c4ccccc4)cc(-c4ccc5c(c4)c4ccccc4n5-c4ccccc4)c3)cc(-c3cccc4c3oc3ccccc34)n2)cc1. The highest BCUT2D eigenvalue weighted by Gasteiger charge is 2.20. The maximum absolute atomic E-state index is 6.61. The number of hydrogen-bond acceptors (Lipinski definition) is 3. The molecule has 5 heteroatoms. The molecular weight excluding hydrogens is 841 g/mol. The molecule has 0 aliphatic heterocycles. The molecule has 0 spiro atoms. The normalized spacial score (nSPS) is 11.8. The third-order valence-electron chi connectivity index (χ3n) is 13.7. The van der Waals surface area contributed by atoms with Gasteiger partial charge in [-0.1, -0.05) is 146 Å². The first-order valence-electron chi connectivity index (χ1n) is 23.4. The molecule has 0 aliphatic rings. The smallest absolute Gasteiger partial charge is 0.160 e. The summed E-state index contributed by atoms with van der Waals surface area (Å²) in [4.78, 5) is 10.7. The molecule has 4 heterocycles. The van der Waals surface area contributed by atoms with Gasteiger partial charge < -0.3 is 13.6 Å². The second-order valence-electron chi connectivity index (χ2n) is 17.7. The van der Waals surface area contributed by atoms with E-state index in [-0.39, 0.29) is 0 Å². The van der Waals surface area contributed by atoms with Gasteiger partial charge in [0.05, 0.1) is 33.5 Å². The molecule has 14 aromatic rings. The first kappa shape index (κ1) is 38.9. The number of fused-ring (bicyclic) bond motifs is 9. The number of hydrogen-bond donors (Lipinski definition) is 0. The van der Waals surface area contributed by atoms with Crippen LogP contribution in [0.2, 0.25) is 0 Å². The Morgan fingerprint density at radius 2 is 0.768 bits per heavy atom. The molecule has 0 N–H and O–H groups in total. The van der Waals surface area contributed by atoms with Crippen molar-refractivity contribution in [3.05, 3.63) is 243 Å². The summed E-state index contributed by atoms with van der Waals surface area (Å²) in [6, 6.07) is 86.4. The fourth-order valence-electron chi connectivity index (χ4n) is 10.5. The van der Waals surface area contributed by atoms with Crippen LogP contribution >= 0.6 is 0 Å². The van der Waals surface area contributed by atoms with E-state index in [0.29, 0.717) is 5.82 Å². The van der Waals surface area contributed by atoms with Gasteiger partial charge in [-0.2, -0.15) is 0 Å². The minimum Gasteiger partial charge on any atom is -0.455 e. The quantitative estimate of drug-likeness (QED) is 0.160. The molecule has 0 saturated heterocycles. The number of aromatic nitrogens is 4. The molecule has 0 bridgehead atoms. The van der Waals surface area contributed by atoms with Crippen molar-refractivity contribution >= 4 is 65.6 Å². The van der Waals surface area contributed by atoms with Crippen molar-refractivity contribution in [1.82, 2.24) is 19.1 Å². The van der Waals surface area contributed by atoms with Crippen LogP contribution in [0.3, 0.4) is 0 Å². The molecule has 0 amide bonds. The van der Waals surface area contributed by atoms with E-state index in [1.165, 1.54) is 32.6 Å². The Morgan fingerprint density at radius 1 is 0.290 bits per heavy atom. The third kappa shape index (κ3) is 6.40. The summed E-state index contributed by atoms with van der Waals surface area (Å²) in [5, 5.41) is 6.95. The van der Waals surface area contributed by atoms with Crippen LogP contribution in [0.15, 0.2) is 247 Å². The van der Waals surface area contributed by atoms with Gasteiger partial charge in [0.15, 0.2) is 5.82 Å². The lowest BCUT2D eigenvalue weighted by Gasteiger charge is -2.14. The van der Waals surface area contributed by atoms with Gasteiger partial charge in [0.25, 0.3) is 0 Å². The van der Waals surface area contributed by atoms with Crippen LogP contribution in [0, 0.1) is 0 Å². The van der Waals surface area contributed by atoms with E-state index < -0.39 is 0 Å². The fourth-order valence-corrected chi connectivity index (χ4v) is 10.5. The van der Waals surface area contributed by atoms with Gasteiger partial charge >= 0.3 is 0 Å². The molecule has 0 saturated carbocycles. The molecule has 0 unspecified atom stereocenters. The van der Waals surface area contributed by atoms with E-state index in [1.807, 2.05) is 30.3 Å². The number of nitrogens with zero attached hydrogens (tertiary/aromatic N) is 4. The summed E-state index contributed by atoms with van der Waals surface area (Å²) in [7, 11) is 0. The second-order valence-corrected chi connectivity index (χ2v) is 17.7. The van der Waals surface area contributed by atoms with Crippen LogP contribution in [0.1, 0.15) is 0 Å². The van der Waals surface area contributed by atoms with Crippen LogP contribution in [0.4, 0.5) is 0 Å². The van der Waals surface area contributed by atoms with E-state index in [0.717, 1.165) is 94.7 Å². The number of benzene rings is 10. The van der Waals surface area contributed by atoms with Crippen LogP contribution in [0.5, 0.6) is 0 Å². The van der Waals surface area contributed by atoms with Gasteiger partial charge in [0, 0.05) is 60.4 Å². The Kier molecular flexibility index (Phi) is 8.83. The van der Waals surface area contributed by atoms with Crippen LogP contribution in [-0.2, 0) is 0 Å². The predicted octanol–water partition coefficient (Wildman–Crippen LogP) is 16.9. The first-order valence-corrected chi connectivity index (χ1v) is 23.4. The molecule has 10 aromatic carbocycles. The topological polar surface area (TPSA) is 48.8 Å². The average Bonchev–Trinajstić information content (AvgIpc) is 4.09. The lowest BCUT2D eigenvalue weighted by atomic mass is 9.93. The highest BCUT2D eigenvalue weighted by Crippen LogP contribution is 2.42. The van der Waals surface area contributed by atoms with Crippen molar-refractivity contribution in [2.75, 3.05) is 0 Å². The first-order chi connectivity index (χ1) is 34.2. The Morgan fingerprint density at radius 3 is 1.38 bits per heavy atom. The molecule has 4 aromatic heterocycles. The highest BCUT2D eigenvalue weighted by atomic mass is 16.3. The standard InChI is InChI=1S/C64H40N4O/c1-4-17-41(18-5-1)64-65-56(40-57(66-64)53-27-16-26-52-51-25-12-15-30-62(51)69-63(52)53)46-36-44(42-31-33-60-54(38-42)49-23-10-13-28-58(49)67(60)47-19-6-2-7-20-47)35-45(37-46)43-32-34-61-55(39-43)50-24-11-14-29-59(50)68(61)48-21-8-3-9-22-48/h1-40H. The Labute approximate surface area is 397 Å². The highest BCUT2D eigenvalue weighted by molar-refractivity contribution is 6.13. The van der Waals surface area contributed by atoms with Gasteiger partial charge in [-0.05, 0) is 119 Å². The predicted molar refractivity (Wildman–Crippen MR) is 285 cm³/mol. The summed E-state index contributed by atoms with van der Waals surface area (Å²) in [5.41, 5.74) is 17.5. The molecular formula is C64H40N4O. The zero-order chi connectivity index (χ0) is 45.4. The Bertz CT molecular complexity index is 4120. The number of furan rings is 1. The van der Waals surface area contributed by atoms with Crippen LogP contribution < -0.4 is 0 Å². The van der Waals surface area contributed by atoms with E-state index in [1.54, 1.807) is 0 Å². The maximum Gasteiger partial charge on any atom is 0.160 e. The lowest BCUT2D eigenvalue weighted by molar-refractivity contribution is 0.670. The zero-order valence-corrected chi connectivity index (χ0v) is 37.3. The molecule has 322 valence electrons. The minimum atomic E-state index is 0.647. The molecule has 5 nitrogen and oxygen atoms in total. The molecule has 14 rings (SSSR count). The summed E-state index contributed by atoms with van der Waals surface area (Å²) in [6.45, 7) is 0. The van der Waals surface area contributed by atoms with E-state index >= 15 is 0 Å². The monoisotopic (exact) mass is 880 g/mol. The van der Waals surface area contributed by atoms with Gasteiger partial charge in [0.1, 0.15) is 11.2 Å². The maximum atomic E-state index is 6.61. The van der Waals surface area contributed by atoms with Crippen molar-refractivity contribution in [2.45, 2.75) is 0 Å². The molecule has 0 atom stereocenters. The Hall–Kier alpha value is -9.32. The van der Waals surface area contributed by atoms with Crippen molar-refractivity contribution in [3.8, 4) is 67.5 Å². The summed E-state index contributed by atoms with van der Waals surface area (Å²) < 4.78 is 11.3. The van der Waals surface area contributed by atoms with Crippen molar-refractivity contribution < 1.29 is 4.42 Å². The Balaban J connectivity index is 1.02. The molecule has 0 fully saturated rings. The minimum absolute atomic E-state index is 0.647. The van der Waals surface area contributed by atoms with Gasteiger partial charge in [-0.25, -0.2) is 9.97 Å². The van der Waals surface area contributed by atoms with Crippen LogP contribution in [-0.4, -0.2) is 19.1 Å². The van der Waals surface area contributed by atoms with Crippen LogP contribution in [0.25, 0.3) is 133 Å². The van der Waals surface area contributed by atoms with E-state index in [4.69, 9.17) is 14.4 Å². The van der Waals surface area contributed by atoms with Crippen molar-refractivity contribution in [1.29, 1.82) is 0 Å². The van der Waals surface area contributed by atoms with Gasteiger partial charge in [0.2, 0.25) is 0 Å². The molecule has 0 aliphatic carbocycles. The lowest BCUT2D eigenvalue weighted by Crippen LogP contribution is -1.97. The van der Waals surface area contributed by atoms with Gasteiger partial charge in [-0.3, -0.25) is 0 Å². The molecule has 0 radical (unpaired) electrons. The fraction of sp³-hybridized carbons (Fsp3) is 0. The van der Waals surface area contributed by atoms with Gasteiger partial charge in [-0.15, -0.1) is 0 Å². The van der Waals surface area contributed by atoms with E-state index in [2.05, 4.69) is 221 Å². The molecule has 69 heavy (non-hydrogen) atoms. The van der Waals surface area contributed by atoms with Crippen molar-refractivity contribution in [3.63, 3.8) is 0 Å². The third-order valence-corrected chi connectivity index (χ3v) is 13.7. The largest absolute Gasteiger partial charge is 0.455 e. The van der Waals surface area contributed by atoms with Crippen molar-refractivity contribution in [2.24, 2.45) is 0 Å². The average molecular weight is 881 g/mol. The number of para-hydroxylation sites is 6. The van der Waals surface area contributed by atoms with E-state index in [9.17, 15) is 0 Å². The zero-order valence-electron chi connectivity index (χ0n) is 37.3. The summed E-state index contributed by atoms with van der Waals surface area (Å²) >= 11 is 0. The second kappa shape index (κ2) is 15.7. The summed E-state index contributed by atoms with van der Waals surface area (Å²) in [5.74, 6) is 0.647. The number of rotatable bonds is 7. The summed E-state index contributed by atoms with van der Waals surface area (Å²) in [6.07, 6.45) is 0.